The molecule has 0 atom stereocenters. The van der Waals surface area contributed by atoms with Crippen molar-refractivity contribution in [2.45, 2.75) is 32.2 Å². The van der Waals surface area contributed by atoms with Gasteiger partial charge in [0, 0.05) is 19.6 Å². The Morgan fingerprint density at radius 3 is 2.52 bits per heavy atom. The van der Waals surface area contributed by atoms with Crippen molar-refractivity contribution in [1.29, 1.82) is 0 Å². The molecule has 0 spiro atoms. The molecule has 1 aromatic carbocycles. The van der Waals surface area contributed by atoms with Gasteiger partial charge in [0.1, 0.15) is 0 Å². The van der Waals surface area contributed by atoms with Crippen LogP contribution in [0.2, 0.25) is 0 Å². The van der Waals surface area contributed by atoms with Crippen LogP contribution in [-0.2, 0) is 6.54 Å². The minimum Gasteiger partial charge on any atom is -0.355 e. The summed E-state index contributed by atoms with van der Waals surface area (Å²) in [5.41, 5.74) is 1.21. The van der Waals surface area contributed by atoms with Crippen molar-refractivity contribution in [3.63, 3.8) is 0 Å². The lowest BCUT2D eigenvalue weighted by Gasteiger charge is -2.20. The van der Waals surface area contributed by atoms with Crippen LogP contribution in [-0.4, -0.2) is 28.3 Å². The maximum atomic E-state index is 4.59. The Hall–Kier alpha value is -2.17. The third-order valence-electron chi connectivity index (χ3n) is 3.77. The molecule has 0 radical (unpaired) electrons. The SMILES string of the molecule is c1ccc(CNc2nncc(N3CCCCCC3)n2)cc1. The number of anilines is 2. The molecule has 2 heterocycles. The molecule has 0 bridgehead atoms. The summed E-state index contributed by atoms with van der Waals surface area (Å²) >= 11 is 0. The minimum atomic E-state index is 0.598. The van der Waals surface area contributed by atoms with Crippen LogP contribution < -0.4 is 10.2 Å². The smallest absolute Gasteiger partial charge is 0.244 e. The monoisotopic (exact) mass is 283 g/mol. The van der Waals surface area contributed by atoms with Crippen LogP contribution in [0.4, 0.5) is 11.8 Å². The molecule has 1 aliphatic heterocycles. The number of nitrogens with zero attached hydrogens (tertiary/aromatic N) is 4. The van der Waals surface area contributed by atoms with Crippen molar-refractivity contribution in [3.8, 4) is 0 Å². The quantitative estimate of drug-likeness (QED) is 0.935. The average Bonchev–Trinajstić information content (AvgIpc) is 2.83. The number of hydrogen-bond donors (Lipinski definition) is 1. The van der Waals surface area contributed by atoms with E-state index in [4.69, 9.17) is 0 Å². The molecule has 0 unspecified atom stereocenters. The van der Waals surface area contributed by atoms with Crippen molar-refractivity contribution in [3.05, 3.63) is 42.1 Å². The van der Waals surface area contributed by atoms with E-state index in [0.717, 1.165) is 18.9 Å². The molecule has 1 fully saturated rings. The first-order valence-corrected chi connectivity index (χ1v) is 7.64. The van der Waals surface area contributed by atoms with E-state index in [2.05, 4.69) is 37.5 Å². The number of nitrogens with one attached hydrogen (secondary N) is 1. The van der Waals surface area contributed by atoms with Crippen LogP contribution >= 0.6 is 0 Å². The van der Waals surface area contributed by atoms with Crippen molar-refractivity contribution in [1.82, 2.24) is 15.2 Å². The van der Waals surface area contributed by atoms with Gasteiger partial charge in [0.15, 0.2) is 5.82 Å². The van der Waals surface area contributed by atoms with Crippen molar-refractivity contribution in [2.75, 3.05) is 23.3 Å². The van der Waals surface area contributed by atoms with Crippen LogP contribution in [0.5, 0.6) is 0 Å². The highest BCUT2D eigenvalue weighted by Crippen LogP contribution is 2.17. The maximum absolute atomic E-state index is 4.59. The molecule has 0 amide bonds. The van der Waals surface area contributed by atoms with E-state index in [9.17, 15) is 0 Å². The van der Waals surface area contributed by atoms with Gasteiger partial charge >= 0.3 is 0 Å². The molecule has 0 aliphatic carbocycles. The number of benzene rings is 1. The lowest BCUT2D eigenvalue weighted by molar-refractivity contribution is 0.726. The molecule has 5 heteroatoms. The van der Waals surface area contributed by atoms with Crippen LogP contribution in [0, 0.1) is 0 Å². The van der Waals surface area contributed by atoms with E-state index >= 15 is 0 Å². The molecular formula is C16H21N5. The van der Waals surface area contributed by atoms with E-state index in [1.807, 2.05) is 18.2 Å². The predicted molar refractivity (Wildman–Crippen MR) is 84.3 cm³/mol. The third kappa shape index (κ3) is 3.90. The van der Waals surface area contributed by atoms with Gasteiger partial charge in [-0.05, 0) is 18.4 Å². The van der Waals surface area contributed by atoms with Crippen molar-refractivity contribution >= 4 is 11.8 Å². The van der Waals surface area contributed by atoms with Gasteiger partial charge in [-0.25, -0.2) is 0 Å². The Morgan fingerprint density at radius 2 is 1.76 bits per heavy atom. The molecule has 2 aromatic rings. The van der Waals surface area contributed by atoms with E-state index < -0.39 is 0 Å². The van der Waals surface area contributed by atoms with E-state index in [-0.39, 0.29) is 0 Å². The summed E-state index contributed by atoms with van der Waals surface area (Å²) in [6.07, 6.45) is 6.86. The molecule has 1 aliphatic rings. The summed E-state index contributed by atoms with van der Waals surface area (Å²) in [4.78, 5) is 6.91. The standard InChI is InChI=1S/C16H21N5/c1-2-7-11-21(10-6-1)15-13-18-20-16(19-15)17-12-14-8-4-3-5-9-14/h3-5,8-9,13H,1-2,6-7,10-12H2,(H,17,19,20). The molecule has 1 saturated heterocycles. The third-order valence-corrected chi connectivity index (χ3v) is 3.77. The van der Waals surface area contributed by atoms with Crippen molar-refractivity contribution in [2.24, 2.45) is 0 Å². The highest BCUT2D eigenvalue weighted by atomic mass is 15.3. The zero-order valence-electron chi connectivity index (χ0n) is 12.2. The van der Waals surface area contributed by atoms with Gasteiger partial charge in [0.25, 0.3) is 0 Å². The summed E-state index contributed by atoms with van der Waals surface area (Å²) < 4.78 is 0. The fraction of sp³-hybridized carbons (Fsp3) is 0.438. The second kappa shape index (κ2) is 7.02. The minimum absolute atomic E-state index is 0.598. The summed E-state index contributed by atoms with van der Waals surface area (Å²) in [5, 5.41) is 11.4. The average molecular weight is 283 g/mol. The van der Waals surface area contributed by atoms with Crippen LogP contribution in [0.1, 0.15) is 31.2 Å². The molecule has 3 rings (SSSR count). The topological polar surface area (TPSA) is 53.9 Å². The fourth-order valence-corrected chi connectivity index (χ4v) is 2.60. The Balaban J connectivity index is 1.65. The molecular weight excluding hydrogens is 262 g/mol. The van der Waals surface area contributed by atoms with Gasteiger partial charge in [-0.15, -0.1) is 5.10 Å². The number of aromatic nitrogens is 3. The van der Waals surface area contributed by atoms with E-state index in [0.29, 0.717) is 12.5 Å². The highest BCUT2D eigenvalue weighted by Gasteiger charge is 2.12. The summed E-state index contributed by atoms with van der Waals surface area (Å²) in [6.45, 7) is 2.85. The summed E-state index contributed by atoms with van der Waals surface area (Å²) in [5.74, 6) is 1.53. The van der Waals surface area contributed by atoms with Crippen molar-refractivity contribution < 1.29 is 0 Å². The Morgan fingerprint density at radius 1 is 1.00 bits per heavy atom. The summed E-state index contributed by atoms with van der Waals surface area (Å²) in [6, 6.07) is 10.2. The molecule has 110 valence electrons. The second-order valence-electron chi connectivity index (χ2n) is 5.38. The van der Waals surface area contributed by atoms with Gasteiger partial charge in [0.2, 0.25) is 5.95 Å². The lowest BCUT2D eigenvalue weighted by Crippen LogP contribution is -2.25. The highest BCUT2D eigenvalue weighted by molar-refractivity contribution is 5.40. The van der Waals surface area contributed by atoms with E-state index in [1.165, 1.54) is 31.2 Å². The van der Waals surface area contributed by atoms with Crippen LogP contribution in [0.25, 0.3) is 0 Å². The Labute approximate surface area is 125 Å². The van der Waals surface area contributed by atoms with Gasteiger partial charge in [-0.3, -0.25) is 0 Å². The first-order valence-electron chi connectivity index (χ1n) is 7.64. The van der Waals surface area contributed by atoms with Gasteiger partial charge in [-0.2, -0.15) is 10.1 Å². The lowest BCUT2D eigenvalue weighted by atomic mass is 10.2. The molecule has 0 saturated carbocycles. The molecule has 1 N–H and O–H groups in total. The Bertz CT molecular complexity index is 550. The Kier molecular flexibility index (Phi) is 4.61. The summed E-state index contributed by atoms with van der Waals surface area (Å²) in [7, 11) is 0. The maximum Gasteiger partial charge on any atom is 0.244 e. The number of hydrogen-bond acceptors (Lipinski definition) is 5. The molecule has 1 aromatic heterocycles. The van der Waals surface area contributed by atoms with Crippen LogP contribution in [0.15, 0.2) is 36.5 Å². The number of rotatable bonds is 4. The zero-order valence-corrected chi connectivity index (χ0v) is 12.2. The largest absolute Gasteiger partial charge is 0.355 e. The normalized spacial score (nSPS) is 15.5. The first-order chi connectivity index (χ1) is 10.4. The molecule has 21 heavy (non-hydrogen) atoms. The molecule has 5 nitrogen and oxygen atoms in total. The first kappa shape index (κ1) is 13.8. The van der Waals surface area contributed by atoms with Crippen LogP contribution in [0.3, 0.4) is 0 Å². The zero-order chi connectivity index (χ0) is 14.3. The second-order valence-corrected chi connectivity index (χ2v) is 5.38. The predicted octanol–water partition coefficient (Wildman–Crippen LogP) is 2.86. The van der Waals surface area contributed by atoms with Gasteiger partial charge < -0.3 is 10.2 Å². The van der Waals surface area contributed by atoms with Gasteiger partial charge in [-0.1, -0.05) is 43.2 Å². The fourth-order valence-electron chi connectivity index (χ4n) is 2.60. The van der Waals surface area contributed by atoms with E-state index in [1.54, 1.807) is 6.20 Å². The van der Waals surface area contributed by atoms with Gasteiger partial charge in [0.05, 0.1) is 6.20 Å².